The van der Waals surface area contributed by atoms with Crippen LogP contribution >= 0.6 is 0 Å². The van der Waals surface area contributed by atoms with Crippen LogP contribution < -0.4 is 10.6 Å². The summed E-state index contributed by atoms with van der Waals surface area (Å²) in [7, 11) is 3.98. The quantitative estimate of drug-likeness (QED) is 0.566. The van der Waals surface area contributed by atoms with Gasteiger partial charge in [-0.25, -0.2) is 0 Å². The Labute approximate surface area is 64.4 Å². The Morgan fingerprint density at radius 3 is 1.80 bits per heavy atom. The molecule has 2 nitrogen and oxygen atoms in total. The van der Waals surface area contributed by atoms with E-state index in [4.69, 9.17) is 0 Å². The Kier molecular flexibility index (Phi) is 5.64. The Hall–Kier alpha value is -0.0800. The SMILES string of the molecule is CNC(CCC(C)C)NC. The van der Waals surface area contributed by atoms with Crippen LogP contribution in [0.3, 0.4) is 0 Å². The van der Waals surface area contributed by atoms with Crippen LogP contribution in [0.4, 0.5) is 0 Å². The highest BCUT2D eigenvalue weighted by molar-refractivity contribution is 4.59. The maximum Gasteiger partial charge on any atom is 0.0566 e. The summed E-state index contributed by atoms with van der Waals surface area (Å²) in [4.78, 5) is 0. The van der Waals surface area contributed by atoms with E-state index in [0.29, 0.717) is 6.17 Å². The molecule has 0 aromatic carbocycles. The highest BCUT2D eigenvalue weighted by Crippen LogP contribution is 2.04. The highest BCUT2D eigenvalue weighted by atomic mass is 15.1. The van der Waals surface area contributed by atoms with E-state index in [0.717, 1.165) is 5.92 Å². The fourth-order valence-corrected chi connectivity index (χ4v) is 0.933. The lowest BCUT2D eigenvalue weighted by Gasteiger charge is -2.15. The molecule has 0 heterocycles. The number of hydrogen-bond donors (Lipinski definition) is 2. The third-order valence-corrected chi connectivity index (χ3v) is 1.73. The zero-order valence-electron chi connectivity index (χ0n) is 7.57. The summed E-state index contributed by atoms with van der Waals surface area (Å²) in [6.07, 6.45) is 2.99. The minimum Gasteiger partial charge on any atom is -0.305 e. The molecule has 0 atom stereocenters. The van der Waals surface area contributed by atoms with Gasteiger partial charge in [-0.3, -0.25) is 0 Å². The van der Waals surface area contributed by atoms with Crippen LogP contribution in [0.2, 0.25) is 0 Å². The zero-order valence-corrected chi connectivity index (χ0v) is 7.57. The molecule has 0 aliphatic heterocycles. The zero-order chi connectivity index (χ0) is 7.98. The molecule has 0 aromatic rings. The molecule has 0 saturated heterocycles. The van der Waals surface area contributed by atoms with Gasteiger partial charge in [0, 0.05) is 0 Å². The Bertz CT molecular complexity index is 67.7. The van der Waals surface area contributed by atoms with E-state index in [1.165, 1.54) is 12.8 Å². The second-order valence-electron chi connectivity index (χ2n) is 3.10. The van der Waals surface area contributed by atoms with Crippen molar-refractivity contribution >= 4 is 0 Å². The van der Waals surface area contributed by atoms with Crippen LogP contribution in [0.1, 0.15) is 26.7 Å². The first-order valence-corrected chi connectivity index (χ1v) is 4.05. The summed E-state index contributed by atoms with van der Waals surface area (Å²) in [6.45, 7) is 4.50. The summed E-state index contributed by atoms with van der Waals surface area (Å²) >= 11 is 0. The standard InChI is InChI=1S/C8H20N2/c1-7(2)5-6-8(9-3)10-4/h7-10H,5-6H2,1-4H3. The third-order valence-electron chi connectivity index (χ3n) is 1.73. The van der Waals surface area contributed by atoms with Gasteiger partial charge in [-0.15, -0.1) is 0 Å². The van der Waals surface area contributed by atoms with Crippen molar-refractivity contribution in [1.82, 2.24) is 10.6 Å². The molecule has 0 spiro atoms. The molecule has 0 bridgehead atoms. The van der Waals surface area contributed by atoms with Crippen molar-refractivity contribution in [2.75, 3.05) is 14.1 Å². The lowest BCUT2D eigenvalue weighted by Crippen LogP contribution is -2.37. The van der Waals surface area contributed by atoms with Crippen LogP contribution in [-0.2, 0) is 0 Å². The number of hydrogen-bond acceptors (Lipinski definition) is 2. The maximum atomic E-state index is 3.20. The lowest BCUT2D eigenvalue weighted by molar-refractivity contribution is 0.413. The molecular weight excluding hydrogens is 124 g/mol. The molecule has 0 radical (unpaired) electrons. The molecule has 0 fully saturated rings. The van der Waals surface area contributed by atoms with E-state index >= 15 is 0 Å². The van der Waals surface area contributed by atoms with Crippen molar-refractivity contribution in [3.8, 4) is 0 Å². The fourth-order valence-electron chi connectivity index (χ4n) is 0.933. The van der Waals surface area contributed by atoms with Crippen molar-refractivity contribution in [2.24, 2.45) is 5.92 Å². The molecule has 0 rings (SSSR count). The second kappa shape index (κ2) is 5.69. The van der Waals surface area contributed by atoms with Crippen LogP contribution in [-0.4, -0.2) is 20.3 Å². The fraction of sp³-hybridized carbons (Fsp3) is 1.00. The van der Waals surface area contributed by atoms with E-state index < -0.39 is 0 Å². The van der Waals surface area contributed by atoms with Crippen LogP contribution in [0.15, 0.2) is 0 Å². The Balaban J connectivity index is 3.26. The van der Waals surface area contributed by atoms with Gasteiger partial charge < -0.3 is 10.6 Å². The number of nitrogens with one attached hydrogen (secondary N) is 2. The molecule has 0 amide bonds. The summed E-state index contributed by atoms with van der Waals surface area (Å²) in [5.41, 5.74) is 0. The summed E-state index contributed by atoms with van der Waals surface area (Å²) < 4.78 is 0. The molecule has 2 heteroatoms. The second-order valence-corrected chi connectivity index (χ2v) is 3.10. The van der Waals surface area contributed by atoms with E-state index in [2.05, 4.69) is 24.5 Å². The summed E-state index contributed by atoms with van der Waals surface area (Å²) in [5.74, 6) is 0.809. The van der Waals surface area contributed by atoms with Gasteiger partial charge in [-0.1, -0.05) is 13.8 Å². The van der Waals surface area contributed by atoms with Gasteiger partial charge in [0.25, 0.3) is 0 Å². The first kappa shape index (κ1) is 9.92. The van der Waals surface area contributed by atoms with Gasteiger partial charge in [-0.2, -0.15) is 0 Å². The van der Waals surface area contributed by atoms with Crippen LogP contribution in [0, 0.1) is 5.92 Å². The molecule has 0 aromatic heterocycles. The molecule has 2 N–H and O–H groups in total. The molecule has 0 aliphatic carbocycles. The van der Waals surface area contributed by atoms with Gasteiger partial charge in [-0.05, 0) is 32.9 Å². The summed E-state index contributed by atoms with van der Waals surface area (Å²) in [5, 5.41) is 6.39. The molecule has 0 unspecified atom stereocenters. The average molecular weight is 144 g/mol. The highest BCUT2D eigenvalue weighted by Gasteiger charge is 2.02. The van der Waals surface area contributed by atoms with Gasteiger partial charge in [0.2, 0.25) is 0 Å². The molecular formula is C8H20N2. The third kappa shape index (κ3) is 4.77. The van der Waals surface area contributed by atoms with Crippen LogP contribution in [0.25, 0.3) is 0 Å². The topological polar surface area (TPSA) is 24.1 Å². The van der Waals surface area contributed by atoms with Crippen molar-refractivity contribution in [3.63, 3.8) is 0 Å². The molecule has 10 heavy (non-hydrogen) atoms. The van der Waals surface area contributed by atoms with Crippen molar-refractivity contribution in [2.45, 2.75) is 32.9 Å². The van der Waals surface area contributed by atoms with Crippen molar-refractivity contribution < 1.29 is 0 Å². The van der Waals surface area contributed by atoms with E-state index in [1.54, 1.807) is 0 Å². The Morgan fingerprint density at radius 1 is 1.00 bits per heavy atom. The largest absolute Gasteiger partial charge is 0.305 e. The van der Waals surface area contributed by atoms with Crippen molar-refractivity contribution in [3.05, 3.63) is 0 Å². The predicted molar refractivity (Wildman–Crippen MR) is 46.0 cm³/mol. The molecule has 0 saturated carbocycles. The predicted octanol–water partition coefficient (Wildman–Crippen LogP) is 1.19. The van der Waals surface area contributed by atoms with Gasteiger partial charge in [0.1, 0.15) is 0 Å². The Morgan fingerprint density at radius 2 is 1.50 bits per heavy atom. The minimum absolute atomic E-state index is 0.488. The average Bonchev–Trinajstić information content (AvgIpc) is 1.90. The first-order valence-electron chi connectivity index (χ1n) is 4.05. The van der Waals surface area contributed by atoms with E-state index in [-0.39, 0.29) is 0 Å². The first-order chi connectivity index (χ1) is 4.70. The molecule has 0 aliphatic rings. The van der Waals surface area contributed by atoms with Gasteiger partial charge >= 0.3 is 0 Å². The lowest BCUT2D eigenvalue weighted by atomic mass is 10.1. The minimum atomic E-state index is 0.488. The number of rotatable bonds is 5. The van der Waals surface area contributed by atoms with E-state index in [1.807, 2.05) is 14.1 Å². The maximum absolute atomic E-state index is 3.20. The monoisotopic (exact) mass is 144 g/mol. The van der Waals surface area contributed by atoms with Gasteiger partial charge in [0.15, 0.2) is 0 Å². The van der Waals surface area contributed by atoms with Gasteiger partial charge in [0.05, 0.1) is 6.17 Å². The smallest absolute Gasteiger partial charge is 0.0566 e. The summed E-state index contributed by atoms with van der Waals surface area (Å²) in [6, 6.07) is 0. The van der Waals surface area contributed by atoms with Crippen LogP contribution in [0.5, 0.6) is 0 Å². The van der Waals surface area contributed by atoms with Crippen molar-refractivity contribution in [1.29, 1.82) is 0 Å². The normalized spacial score (nSPS) is 11.4. The van der Waals surface area contributed by atoms with E-state index in [9.17, 15) is 0 Å². The molecule has 62 valence electrons.